The zero-order valence-corrected chi connectivity index (χ0v) is 15.0. The monoisotopic (exact) mass is 326 g/mol. The first-order chi connectivity index (χ1) is 11.6. The standard InChI is InChI=1S/C20H30N4/c1-17-11-9-15-23(19(17)21)13-7-5-3-4-6-8-14-24-16-10-12-18(2)20(24)22/h9-12,15-16,21-22H,3-8,13-14H2,1-2H3. The van der Waals surface area contributed by atoms with Gasteiger partial charge in [0.05, 0.1) is 0 Å². The van der Waals surface area contributed by atoms with Gasteiger partial charge in [-0.15, -0.1) is 0 Å². The van der Waals surface area contributed by atoms with Gasteiger partial charge in [-0.3, -0.25) is 10.8 Å². The summed E-state index contributed by atoms with van der Waals surface area (Å²) in [5, 5.41) is 16.1. The summed E-state index contributed by atoms with van der Waals surface area (Å²) < 4.78 is 4.08. The molecule has 0 saturated carbocycles. The van der Waals surface area contributed by atoms with E-state index >= 15 is 0 Å². The van der Waals surface area contributed by atoms with Crippen LogP contribution in [-0.4, -0.2) is 9.13 Å². The number of hydrogen-bond acceptors (Lipinski definition) is 2. The highest BCUT2D eigenvalue weighted by Crippen LogP contribution is 2.07. The fourth-order valence-electron chi connectivity index (χ4n) is 2.99. The van der Waals surface area contributed by atoms with Gasteiger partial charge < -0.3 is 9.13 Å². The second-order valence-corrected chi connectivity index (χ2v) is 6.59. The highest BCUT2D eigenvalue weighted by Gasteiger charge is 1.98. The predicted molar refractivity (Wildman–Crippen MR) is 97.7 cm³/mol. The minimum atomic E-state index is 0.638. The molecule has 0 aliphatic heterocycles. The Bertz CT molecular complexity index is 689. The topological polar surface area (TPSA) is 57.6 Å². The second kappa shape index (κ2) is 9.26. The maximum absolute atomic E-state index is 8.03. The summed E-state index contributed by atoms with van der Waals surface area (Å²) in [6.45, 7) is 5.88. The lowest BCUT2D eigenvalue weighted by molar-refractivity contribution is 0.517. The first kappa shape index (κ1) is 18.2. The summed E-state index contributed by atoms with van der Waals surface area (Å²) in [5.74, 6) is 0. The van der Waals surface area contributed by atoms with Gasteiger partial charge in [0.25, 0.3) is 0 Å². The lowest BCUT2D eigenvalue weighted by atomic mass is 10.1. The molecule has 0 saturated heterocycles. The van der Waals surface area contributed by atoms with E-state index in [4.69, 9.17) is 10.8 Å². The third-order valence-corrected chi connectivity index (χ3v) is 4.59. The molecule has 0 amide bonds. The third kappa shape index (κ3) is 5.22. The van der Waals surface area contributed by atoms with Crippen LogP contribution in [0.15, 0.2) is 36.7 Å². The van der Waals surface area contributed by atoms with Gasteiger partial charge in [-0.2, -0.15) is 0 Å². The van der Waals surface area contributed by atoms with Gasteiger partial charge in [-0.1, -0.05) is 37.8 Å². The fraction of sp³-hybridized carbons (Fsp3) is 0.500. The van der Waals surface area contributed by atoms with E-state index in [-0.39, 0.29) is 0 Å². The molecule has 0 aliphatic carbocycles. The molecule has 0 bridgehead atoms. The molecule has 0 spiro atoms. The van der Waals surface area contributed by atoms with Crippen molar-refractivity contribution >= 4 is 0 Å². The van der Waals surface area contributed by atoms with Gasteiger partial charge in [-0.25, -0.2) is 0 Å². The lowest BCUT2D eigenvalue weighted by Crippen LogP contribution is -2.21. The van der Waals surface area contributed by atoms with Crippen molar-refractivity contribution in [2.75, 3.05) is 0 Å². The van der Waals surface area contributed by atoms with Crippen LogP contribution in [0.1, 0.15) is 49.7 Å². The van der Waals surface area contributed by atoms with Crippen LogP contribution in [-0.2, 0) is 13.1 Å². The number of rotatable bonds is 9. The van der Waals surface area contributed by atoms with Crippen LogP contribution in [0.25, 0.3) is 0 Å². The molecule has 0 fully saturated rings. The Labute approximate surface area is 144 Å². The Morgan fingerprint density at radius 2 is 1.04 bits per heavy atom. The third-order valence-electron chi connectivity index (χ3n) is 4.59. The van der Waals surface area contributed by atoms with Crippen molar-refractivity contribution in [2.24, 2.45) is 0 Å². The van der Waals surface area contributed by atoms with E-state index in [1.165, 1.54) is 25.7 Å². The Balaban J connectivity index is 1.59. The summed E-state index contributed by atoms with van der Waals surface area (Å²) in [6.07, 6.45) is 11.3. The van der Waals surface area contributed by atoms with E-state index in [2.05, 4.69) is 0 Å². The molecule has 2 rings (SSSR count). The SMILES string of the molecule is Cc1cccn(CCCCCCCCn2cccc(C)c2=N)c1=N. The molecule has 0 aliphatic rings. The first-order valence-corrected chi connectivity index (χ1v) is 9.01. The van der Waals surface area contributed by atoms with Crippen LogP contribution in [0.5, 0.6) is 0 Å². The minimum Gasteiger partial charge on any atom is -0.333 e. The van der Waals surface area contributed by atoms with Crippen LogP contribution in [0.2, 0.25) is 0 Å². The number of pyridine rings is 2. The molecule has 2 aromatic heterocycles. The highest BCUT2D eigenvalue weighted by atomic mass is 15.0. The van der Waals surface area contributed by atoms with E-state index in [9.17, 15) is 0 Å². The second-order valence-electron chi connectivity index (χ2n) is 6.59. The molecule has 24 heavy (non-hydrogen) atoms. The number of hydrogen-bond donors (Lipinski definition) is 2. The molecule has 2 aromatic rings. The average Bonchev–Trinajstić information content (AvgIpc) is 2.57. The number of nitrogens with zero attached hydrogens (tertiary/aromatic N) is 2. The van der Waals surface area contributed by atoms with E-state index in [1.807, 2.05) is 59.6 Å². The Morgan fingerprint density at radius 1 is 0.667 bits per heavy atom. The van der Waals surface area contributed by atoms with Crippen molar-refractivity contribution in [3.05, 3.63) is 58.8 Å². The summed E-state index contributed by atoms with van der Waals surface area (Å²) in [6, 6.07) is 8.04. The van der Waals surface area contributed by atoms with E-state index in [1.54, 1.807) is 0 Å². The van der Waals surface area contributed by atoms with Crippen LogP contribution >= 0.6 is 0 Å². The molecule has 0 atom stereocenters. The van der Waals surface area contributed by atoms with Crippen LogP contribution in [0.3, 0.4) is 0 Å². The number of aryl methyl sites for hydroxylation is 4. The van der Waals surface area contributed by atoms with Crippen molar-refractivity contribution in [3.8, 4) is 0 Å². The lowest BCUT2D eigenvalue weighted by Gasteiger charge is -2.09. The van der Waals surface area contributed by atoms with Crippen LogP contribution in [0, 0.1) is 24.7 Å². The van der Waals surface area contributed by atoms with Crippen LogP contribution < -0.4 is 11.0 Å². The number of aromatic nitrogens is 2. The molecule has 2 N–H and O–H groups in total. The molecule has 130 valence electrons. The van der Waals surface area contributed by atoms with Crippen molar-refractivity contribution in [1.82, 2.24) is 9.13 Å². The van der Waals surface area contributed by atoms with E-state index in [0.717, 1.165) is 37.1 Å². The van der Waals surface area contributed by atoms with Crippen LogP contribution in [0.4, 0.5) is 0 Å². The minimum absolute atomic E-state index is 0.638. The van der Waals surface area contributed by atoms with Gasteiger partial charge in [-0.05, 0) is 49.9 Å². The summed E-state index contributed by atoms with van der Waals surface area (Å²) >= 11 is 0. The van der Waals surface area contributed by atoms with Gasteiger partial charge >= 0.3 is 0 Å². The summed E-state index contributed by atoms with van der Waals surface area (Å²) in [7, 11) is 0. The zero-order valence-electron chi connectivity index (χ0n) is 15.0. The van der Waals surface area contributed by atoms with Gasteiger partial charge in [0.2, 0.25) is 0 Å². The fourth-order valence-corrected chi connectivity index (χ4v) is 2.99. The Hall–Kier alpha value is -2.10. The highest BCUT2D eigenvalue weighted by molar-refractivity contribution is 5.06. The molecular weight excluding hydrogens is 296 g/mol. The van der Waals surface area contributed by atoms with Crippen molar-refractivity contribution in [2.45, 2.75) is 65.5 Å². The molecule has 4 nitrogen and oxygen atoms in total. The molecule has 0 radical (unpaired) electrons. The average molecular weight is 326 g/mol. The quantitative estimate of drug-likeness (QED) is 0.657. The van der Waals surface area contributed by atoms with E-state index < -0.39 is 0 Å². The molecule has 0 unspecified atom stereocenters. The maximum atomic E-state index is 8.03. The van der Waals surface area contributed by atoms with Crippen molar-refractivity contribution in [3.63, 3.8) is 0 Å². The number of unbranched alkanes of at least 4 members (excludes halogenated alkanes) is 5. The number of nitrogens with one attached hydrogen (secondary N) is 2. The largest absolute Gasteiger partial charge is 0.333 e. The normalized spacial score (nSPS) is 10.9. The summed E-state index contributed by atoms with van der Waals surface area (Å²) in [4.78, 5) is 0. The van der Waals surface area contributed by atoms with Crippen molar-refractivity contribution < 1.29 is 0 Å². The zero-order chi connectivity index (χ0) is 17.4. The molecule has 2 heterocycles. The first-order valence-electron chi connectivity index (χ1n) is 9.01. The van der Waals surface area contributed by atoms with Gasteiger partial charge in [0.1, 0.15) is 11.0 Å². The maximum Gasteiger partial charge on any atom is 0.127 e. The van der Waals surface area contributed by atoms with Gasteiger partial charge in [0.15, 0.2) is 0 Å². The predicted octanol–water partition coefficient (Wildman–Crippen LogP) is 3.91. The molecule has 4 heteroatoms. The summed E-state index contributed by atoms with van der Waals surface area (Å²) in [5.41, 5.74) is 3.36. The molecular formula is C20H30N4. The smallest absolute Gasteiger partial charge is 0.127 e. The Kier molecular flexibility index (Phi) is 7.04. The Morgan fingerprint density at radius 3 is 1.46 bits per heavy atom. The van der Waals surface area contributed by atoms with Gasteiger partial charge in [0, 0.05) is 25.5 Å². The molecule has 0 aromatic carbocycles. The van der Waals surface area contributed by atoms with E-state index in [0.29, 0.717) is 11.0 Å². The van der Waals surface area contributed by atoms with Crippen molar-refractivity contribution in [1.29, 1.82) is 10.8 Å².